The average molecular weight is 303 g/mol. The Morgan fingerprint density at radius 1 is 1.43 bits per heavy atom. The number of piperidine rings is 1. The Labute approximate surface area is 128 Å². The molecular formula is C15H15ClN4O. The summed E-state index contributed by atoms with van der Waals surface area (Å²) in [6.07, 6.45) is 3.19. The molecule has 1 N–H and O–H groups in total. The van der Waals surface area contributed by atoms with Gasteiger partial charge in [-0.25, -0.2) is 9.83 Å². The second kappa shape index (κ2) is 5.52. The van der Waals surface area contributed by atoms with Crippen molar-refractivity contribution in [3.8, 4) is 6.07 Å². The Morgan fingerprint density at radius 2 is 2.19 bits per heavy atom. The summed E-state index contributed by atoms with van der Waals surface area (Å²) in [5.74, 6) is 0.771. The van der Waals surface area contributed by atoms with E-state index in [-0.39, 0.29) is 11.1 Å². The van der Waals surface area contributed by atoms with Gasteiger partial charge in [-0.15, -0.1) is 0 Å². The Kier molecular flexibility index (Phi) is 3.71. The fraction of sp³-hybridized carbons (Fsp3) is 0.533. The lowest BCUT2D eigenvalue weighted by Gasteiger charge is -2.32. The van der Waals surface area contributed by atoms with Gasteiger partial charge in [0.25, 0.3) is 0 Å². The maximum Gasteiger partial charge on any atom is 0.233 e. The molecule has 1 aliphatic carbocycles. The van der Waals surface area contributed by atoms with Crippen LogP contribution in [0.15, 0.2) is 0 Å². The van der Waals surface area contributed by atoms with Crippen molar-refractivity contribution in [1.82, 2.24) is 4.98 Å². The quantitative estimate of drug-likeness (QED) is 0.674. The predicted octanol–water partition coefficient (Wildman–Crippen LogP) is 3.00. The monoisotopic (exact) mass is 302 g/mol. The number of aliphatic hydroxyl groups is 1. The second-order valence-corrected chi connectivity index (χ2v) is 5.96. The van der Waals surface area contributed by atoms with E-state index in [1.165, 1.54) is 0 Å². The molecule has 0 bridgehead atoms. The molecule has 6 heteroatoms. The molecule has 1 saturated heterocycles. The van der Waals surface area contributed by atoms with E-state index in [0.717, 1.165) is 37.8 Å². The smallest absolute Gasteiger partial charge is 0.233 e. The number of pyridine rings is 1. The number of halogens is 1. The van der Waals surface area contributed by atoms with Crippen LogP contribution < -0.4 is 4.90 Å². The summed E-state index contributed by atoms with van der Waals surface area (Å²) in [4.78, 5) is 9.84. The van der Waals surface area contributed by atoms with Gasteiger partial charge in [0, 0.05) is 13.1 Å². The third-order valence-corrected chi connectivity index (χ3v) is 4.33. The van der Waals surface area contributed by atoms with Gasteiger partial charge in [0.1, 0.15) is 17.0 Å². The number of hydrogen-bond acceptors (Lipinski definition) is 4. The highest BCUT2D eigenvalue weighted by Gasteiger charge is 2.34. The van der Waals surface area contributed by atoms with Crippen molar-refractivity contribution in [2.75, 3.05) is 18.0 Å². The summed E-state index contributed by atoms with van der Waals surface area (Å²) in [5, 5.41) is 19.3. The van der Waals surface area contributed by atoms with Gasteiger partial charge in [-0.05, 0) is 37.2 Å². The van der Waals surface area contributed by atoms with Gasteiger partial charge in [0.05, 0.1) is 18.2 Å². The van der Waals surface area contributed by atoms with Gasteiger partial charge in [0.2, 0.25) is 5.69 Å². The molecule has 1 saturated carbocycles. The van der Waals surface area contributed by atoms with E-state index in [1.807, 2.05) is 4.90 Å². The largest absolute Gasteiger partial charge is 0.391 e. The summed E-state index contributed by atoms with van der Waals surface area (Å²) in [6, 6.07) is 2.09. The van der Waals surface area contributed by atoms with E-state index < -0.39 is 6.10 Å². The lowest BCUT2D eigenvalue weighted by Crippen LogP contribution is -2.38. The molecule has 1 aromatic heterocycles. The highest BCUT2D eigenvalue weighted by atomic mass is 35.5. The molecule has 2 aliphatic rings. The second-order valence-electron chi connectivity index (χ2n) is 5.60. The van der Waals surface area contributed by atoms with Gasteiger partial charge in [-0.2, -0.15) is 5.26 Å². The van der Waals surface area contributed by atoms with E-state index in [1.54, 1.807) is 0 Å². The lowest BCUT2D eigenvalue weighted by molar-refractivity contribution is 0.154. The van der Waals surface area contributed by atoms with Crippen LogP contribution in [0.2, 0.25) is 5.15 Å². The average Bonchev–Trinajstić information content (AvgIpc) is 3.30. The van der Waals surface area contributed by atoms with Crippen molar-refractivity contribution in [2.45, 2.75) is 37.7 Å². The maximum absolute atomic E-state index is 9.83. The van der Waals surface area contributed by atoms with Crippen LogP contribution in [0.5, 0.6) is 0 Å². The highest BCUT2D eigenvalue weighted by Crippen LogP contribution is 2.50. The highest BCUT2D eigenvalue weighted by molar-refractivity contribution is 6.31. The summed E-state index contributed by atoms with van der Waals surface area (Å²) < 4.78 is 0. The van der Waals surface area contributed by atoms with Crippen molar-refractivity contribution in [3.63, 3.8) is 0 Å². The van der Waals surface area contributed by atoms with E-state index in [0.29, 0.717) is 23.6 Å². The van der Waals surface area contributed by atoms with Crippen LogP contribution in [-0.2, 0) is 0 Å². The number of rotatable bonds is 2. The Hall–Kier alpha value is -1.82. The molecule has 0 aromatic carbocycles. The zero-order chi connectivity index (χ0) is 15.0. The number of anilines is 1. The van der Waals surface area contributed by atoms with Crippen LogP contribution in [0.3, 0.4) is 0 Å². The maximum atomic E-state index is 9.83. The fourth-order valence-corrected chi connectivity index (χ4v) is 3.13. The van der Waals surface area contributed by atoms with Crippen LogP contribution in [0.25, 0.3) is 4.85 Å². The minimum atomic E-state index is -0.405. The third kappa shape index (κ3) is 2.55. The molecule has 0 amide bonds. The molecule has 2 fully saturated rings. The van der Waals surface area contributed by atoms with Crippen molar-refractivity contribution in [1.29, 1.82) is 5.26 Å². The summed E-state index contributed by atoms with van der Waals surface area (Å²) in [6.45, 7) is 8.71. The molecule has 1 aliphatic heterocycles. The molecule has 0 radical (unpaired) electrons. The summed E-state index contributed by atoms with van der Waals surface area (Å²) >= 11 is 6.17. The first kappa shape index (κ1) is 14.1. The first-order valence-electron chi connectivity index (χ1n) is 7.09. The van der Waals surface area contributed by atoms with Crippen LogP contribution in [0.4, 0.5) is 11.5 Å². The Morgan fingerprint density at radius 3 is 2.76 bits per heavy atom. The van der Waals surface area contributed by atoms with E-state index in [2.05, 4.69) is 15.9 Å². The van der Waals surface area contributed by atoms with Gasteiger partial charge in [-0.3, -0.25) is 0 Å². The van der Waals surface area contributed by atoms with Gasteiger partial charge in [-0.1, -0.05) is 11.6 Å². The molecule has 3 rings (SSSR count). The fourth-order valence-electron chi connectivity index (χ4n) is 2.91. The topological polar surface area (TPSA) is 64.5 Å². The van der Waals surface area contributed by atoms with E-state index in [4.69, 9.17) is 18.2 Å². The minimum Gasteiger partial charge on any atom is -0.391 e. The lowest BCUT2D eigenvalue weighted by atomic mass is 10.0. The standard InChI is InChI=1S/C15H15ClN4O/c1-18-13-12(9-4-5-9)11(7-17)14(16)19-15(13)20-6-2-3-10(21)8-20/h9-10,21H,2-6,8H2/t10-/m0/s1. The number of aliphatic hydroxyl groups excluding tert-OH is 1. The molecule has 5 nitrogen and oxygen atoms in total. The van der Waals surface area contributed by atoms with Gasteiger partial charge in [0.15, 0.2) is 0 Å². The number of aromatic nitrogens is 1. The predicted molar refractivity (Wildman–Crippen MR) is 79.7 cm³/mol. The zero-order valence-corrected chi connectivity index (χ0v) is 12.3. The SMILES string of the molecule is [C-]#[N+]c1c(N2CCC[C@H](O)C2)nc(Cl)c(C#N)c1C1CC1. The van der Waals surface area contributed by atoms with Gasteiger partial charge < -0.3 is 10.0 Å². The van der Waals surface area contributed by atoms with Crippen LogP contribution in [0, 0.1) is 17.9 Å². The molecule has 2 heterocycles. The Bertz CT molecular complexity index is 657. The number of hydrogen-bond donors (Lipinski definition) is 1. The van der Waals surface area contributed by atoms with Gasteiger partial charge >= 0.3 is 0 Å². The van der Waals surface area contributed by atoms with E-state index in [9.17, 15) is 10.4 Å². The number of β-amino-alcohol motifs (C(OH)–C–C–N with tert-alkyl or cyclic N) is 1. The number of nitriles is 1. The third-order valence-electron chi connectivity index (χ3n) is 4.05. The van der Waals surface area contributed by atoms with Crippen LogP contribution in [-0.4, -0.2) is 29.3 Å². The van der Waals surface area contributed by atoms with E-state index >= 15 is 0 Å². The van der Waals surface area contributed by atoms with Crippen molar-refractivity contribution in [3.05, 3.63) is 27.7 Å². The number of nitrogens with zero attached hydrogens (tertiary/aromatic N) is 4. The zero-order valence-electron chi connectivity index (χ0n) is 11.5. The Balaban J connectivity index is 2.13. The van der Waals surface area contributed by atoms with Crippen LogP contribution in [0.1, 0.15) is 42.7 Å². The first-order chi connectivity index (χ1) is 10.2. The first-order valence-corrected chi connectivity index (χ1v) is 7.47. The summed E-state index contributed by atoms with van der Waals surface area (Å²) in [5.41, 5.74) is 1.53. The van der Waals surface area contributed by atoms with Crippen LogP contribution >= 0.6 is 11.6 Å². The molecule has 108 valence electrons. The molecule has 21 heavy (non-hydrogen) atoms. The molecule has 0 spiro atoms. The minimum absolute atomic E-state index is 0.168. The van der Waals surface area contributed by atoms with Crippen molar-refractivity contribution < 1.29 is 5.11 Å². The summed E-state index contributed by atoms with van der Waals surface area (Å²) in [7, 11) is 0. The van der Waals surface area contributed by atoms with Crippen molar-refractivity contribution >= 4 is 23.1 Å². The molecule has 1 atom stereocenters. The molecular weight excluding hydrogens is 288 g/mol. The van der Waals surface area contributed by atoms with Crippen molar-refractivity contribution in [2.24, 2.45) is 0 Å². The normalized spacial score (nSPS) is 21.7. The molecule has 0 unspecified atom stereocenters. The molecule has 1 aromatic rings.